The number of amides is 1. The van der Waals surface area contributed by atoms with Crippen LogP contribution in [0.2, 0.25) is 0 Å². The predicted molar refractivity (Wildman–Crippen MR) is 90.1 cm³/mol. The van der Waals surface area contributed by atoms with Crippen LogP contribution in [-0.2, 0) is 37.3 Å². The number of rotatable bonds is 2. The molecular formula is C18H18N4O3. The van der Waals surface area contributed by atoms with E-state index in [9.17, 15) is 9.59 Å². The van der Waals surface area contributed by atoms with Gasteiger partial charge in [0.2, 0.25) is 5.91 Å². The molecule has 7 heteroatoms. The number of benzene rings is 1. The number of fused-ring (bicyclic) bond motifs is 4. The Morgan fingerprint density at radius 1 is 1.20 bits per heavy atom. The highest BCUT2D eigenvalue weighted by molar-refractivity contribution is 5.79. The van der Waals surface area contributed by atoms with E-state index in [2.05, 4.69) is 5.10 Å². The van der Waals surface area contributed by atoms with Crippen LogP contribution in [0.25, 0.3) is 11.1 Å². The normalized spacial score (nSPS) is 16.2. The van der Waals surface area contributed by atoms with Crippen LogP contribution in [0, 0.1) is 0 Å². The summed E-state index contributed by atoms with van der Waals surface area (Å²) < 4.78 is 8.67. The quantitative estimate of drug-likeness (QED) is 0.706. The highest BCUT2D eigenvalue weighted by Gasteiger charge is 2.29. The summed E-state index contributed by atoms with van der Waals surface area (Å²) in [4.78, 5) is 26.7. The minimum Gasteiger partial charge on any atom is -0.408 e. The number of hydrogen-bond donors (Lipinski definition) is 0. The van der Waals surface area contributed by atoms with Crippen molar-refractivity contribution in [2.45, 2.75) is 38.9 Å². The highest BCUT2D eigenvalue weighted by Crippen LogP contribution is 2.27. The Labute approximate surface area is 143 Å². The first-order chi connectivity index (χ1) is 12.2. The maximum Gasteiger partial charge on any atom is 0.420 e. The molecule has 0 N–H and O–H groups in total. The van der Waals surface area contributed by atoms with Gasteiger partial charge in [-0.3, -0.25) is 14.0 Å². The second kappa shape index (κ2) is 5.34. The minimum atomic E-state index is -0.488. The van der Waals surface area contributed by atoms with Crippen LogP contribution in [0.4, 0.5) is 0 Å². The molecule has 0 spiro atoms. The SMILES string of the molecule is O=C(Cn1c(=O)oc2ccccc21)N1CCn2nc3c(c2C1)CCC3. The molecule has 1 aliphatic carbocycles. The molecule has 7 nitrogen and oxygen atoms in total. The first-order valence-corrected chi connectivity index (χ1v) is 8.64. The van der Waals surface area contributed by atoms with Crippen molar-refractivity contribution in [2.75, 3.05) is 6.54 Å². The molecule has 25 heavy (non-hydrogen) atoms. The van der Waals surface area contributed by atoms with E-state index < -0.39 is 5.76 Å². The molecule has 1 aliphatic heterocycles. The maximum absolute atomic E-state index is 12.8. The summed E-state index contributed by atoms with van der Waals surface area (Å²) >= 11 is 0. The highest BCUT2D eigenvalue weighted by atomic mass is 16.4. The number of aromatic nitrogens is 3. The lowest BCUT2D eigenvalue weighted by Crippen LogP contribution is -2.41. The van der Waals surface area contributed by atoms with Crippen LogP contribution in [0.5, 0.6) is 0 Å². The van der Waals surface area contributed by atoms with Crippen molar-refractivity contribution in [2.24, 2.45) is 0 Å². The molecule has 128 valence electrons. The van der Waals surface area contributed by atoms with Crippen LogP contribution in [-0.4, -0.2) is 31.7 Å². The van der Waals surface area contributed by atoms with E-state index in [4.69, 9.17) is 4.42 Å². The first kappa shape index (κ1) is 14.5. The first-order valence-electron chi connectivity index (χ1n) is 8.64. The molecule has 1 aromatic carbocycles. The number of aryl methyl sites for hydroxylation is 1. The Morgan fingerprint density at radius 3 is 3.00 bits per heavy atom. The molecule has 0 saturated heterocycles. The van der Waals surface area contributed by atoms with Crippen LogP contribution in [0.15, 0.2) is 33.5 Å². The van der Waals surface area contributed by atoms with Gasteiger partial charge in [0.1, 0.15) is 6.54 Å². The van der Waals surface area contributed by atoms with Gasteiger partial charge < -0.3 is 9.32 Å². The van der Waals surface area contributed by atoms with Gasteiger partial charge in [-0.25, -0.2) is 4.79 Å². The molecule has 0 unspecified atom stereocenters. The van der Waals surface area contributed by atoms with Gasteiger partial charge in [-0.2, -0.15) is 5.10 Å². The van der Waals surface area contributed by atoms with Gasteiger partial charge in [0.15, 0.2) is 5.58 Å². The monoisotopic (exact) mass is 338 g/mol. The van der Waals surface area contributed by atoms with Crippen molar-refractivity contribution in [3.63, 3.8) is 0 Å². The molecule has 1 amide bonds. The largest absolute Gasteiger partial charge is 0.420 e. The summed E-state index contributed by atoms with van der Waals surface area (Å²) in [6.45, 7) is 1.92. The molecule has 2 aliphatic rings. The van der Waals surface area contributed by atoms with Gasteiger partial charge in [0.25, 0.3) is 0 Å². The standard InChI is InChI=1S/C18H18N4O3/c23-17(11-21-14-6-1-2-7-16(14)25-18(21)24)20-8-9-22-15(10-20)12-4-3-5-13(12)19-22/h1-2,6-7H,3-5,8-11H2. The number of carbonyl (C=O) groups is 1. The van der Waals surface area contributed by atoms with Crippen molar-refractivity contribution >= 4 is 17.0 Å². The second-order valence-corrected chi connectivity index (χ2v) is 6.69. The Bertz CT molecular complexity index is 1040. The summed E-state index contributed by atoms with van der Waals surface area (Å²) in [5.74, 6) is -0.551. The van der Waals surface area contributed by atoms with Gasteiger partial charge in [-0.1, -0.05) is 12.1 Å². The van der Waals surface area contributed by atoms with Gasteiger partial charge >= 0.3 is 5.76 Å². The Morgan fingerprint density at radius 2 is 2.08 bits per heavy atom. The van der Waals surface area contributed by atoms with Crippen LogP contribution < -0.4 is 5.76 Å². The van der Waals surface area contributed by atoms with E-state index in [1.54, 1.807) is 12.1 Å². The topological polar surface area (TPSA) is 73.3 Å². The van der Waals surface area contributed by atoms with Crippen molar-refractivity contribution < 1.29 is 9.21 Å². The Kier molecular flexibility index (Phi) is 3.10. The van der Waals surface area contributed by atoms with E-state index in [0.29, 0.717) is 24.2 Å². The average Bonchev–Trinajstić information content (AvgIpc) is 3.28. The summed E-state index contributed by atoms with van der Waals surface area (Å²) in [6.07, 6.45) is 3.24. The Balaban J connectivity index is 1.41. The van der Waals surface area contributed by atoms with Crippen molar-refractivity contribution in [3.05, 3.63) is 51.8 Å². The van der Waals surface area contributed by atoms with E-state index in [1.807, 2.05) is 21.7 Å². The van der Waals surface area contributed by atoms with E-state index in [0.717, 1.165) is 31.5 Å². The average molecular weight is 338 g/mol. The third-order valence-electron chi connectivity index (χ3n) is 5.23. The van der Waals surface area contributed by atoms with E-state index in [1.165, 1.54) is 15.8 Å². The van der Waals surface area contributed by atoms with Gasteiger partial charge in [-0.15, -0.1) is 0 Å². The molecule has 3 heterocycles. The number of para-hydroxylation sites is 2. The van der Waals surface area contributed by atoms with Gasteiger partial charge in [-0.05, 0) is 37.0 Å². The molecule has 0 radical (unpaired) electrons. The smallest absolute Gasteiger partial charge is 0.408 e. The molecular weight excluding hydrogens is 320 g/mol. The van der Waals surface area contributed by atoms with Crippen LogP contribution >= 0.6 is 0 Å². The molecule has 0 bridgehead atoms. The van der Waals surface area contributed by atoms with Gasteiger partial charge in [0, 0.05) is 6.54 Å². The maximum atomic E-state index is 12.8. The summed E-state index contributed by atoms with van der Waals surface area (Å²) in [7, 11) is 0. The zero-order chi connectivity index (χ0) is 17.0. The molecule has 0 atom stereocenters. The van der Waals surface area contributed by atoms with Gasteiger partial charge in [0.05, 0.1) is 30.0 Å². The fourth-order valence-electron chi connectivity index (χ4n) is 3.96. The fourth-order valence-corrected chi connectivity index (χ4v) is 3.96. The summed E-state index contributed by atoms with van der Waals surface area (Å²) in [6, 6.07) is 7.18. The fraction of sp³-hybridized carbons (Fsp3) is 0.389. The Hall–Kier alpha value is -2.83. The molecule has 0 saturated carbocycles. The second-order valence-electron chi connectivity index (χ2n) is 6.69. The predicted octanol–water partition coefficient (Wildman–Crippen LogP) is 1.32. The zero-order valence-corrected chi connectivity index (χ0v) is 13.8. The molecule has 3 aromatic rings. The third-order valence-corrected chi connectivity index (χ3v) is 5.23. The van der Waals surface area contributed by atoms with E-state index >= 15 is 0 Å². The zero-order valence-electron chi connectivity index (χ0n) is 13.8. The summed E-state index contributed by atoms with van der Waals surface area (Å²) in [5, 5.41) is 4.66. The van der Waals surface area contributed by atoms with Crippen molar-refractivity contribution in [3.8, 4) is 0 Å². The lowest BCUT2D eigenvalue weighted by molar-refractivity contribution is -0.133. The summed E-state index contributed by atoms with van der Waals surface area (Å²) in [5.41, 5.74) is 4.85. The number of carbonyl (C=O) groups excluding carboxylic acids is 1. The number of oxazole rings is 1. The lowest BCUT2D eigenvalue weighted by Gasteiger charge is -2.28. The number of nitrogens with zero attached hydrogens (tertiary/aromatic N) is 4. The van der Waals surface area contributed by atoms with Crippen molar-refractivity contribution in [1.82, 2.24) is 19.2 Å². The molecule has 2 aromatic heterocycles. The van der Waals surface area contributed by atoms with Crippen molar-refractivity contribution in [1.29, 1.82) is 0 Å². The van der Waals surface area contributed by atoms with E-state index in [-0.39, 0.29) is 12.5 Å². The lowest BCUT2D eigenvalue weighted by atomic mass is 10.1. The minimum absolute atomic E-state index is 0.00613. The van der Waals surface area contributed by atoms with Crippen LogP contribution in [0.1, 0.15) is 23.4 Å². The third kappa shape index (κ3) is 2.22. The number of hydrogen-bond acceptors (Lipinski definition) is 4. The molecule has 0 fully saturated rings. The molecule has 5 rings (SSSR count). The van der Waals surface area contributed by atoms with Crippen LogP contribution in [0.3, 0.4) is 0 Å².